The number of nitrogens with zero attached hydrogens (tertiary/aromatic N) is 1. The van der Waals surface area contributed by atoms with Crippen molar-refractivity contribution < 1.29 is 10.0 Å². The van der Waals surface area contributed by atoms with Gasteiger partial charge in [-0.2, -0.15) is 0 Å². The predicted octanol–water partition coefficient (Wildman–Crippen LogP) is 15.8. The van der Waals surface area contributed by atoms with Gasteiger partial charge >= 0.3 is 7.12 Å². The molecule has 0 aromatic heterocycles. The summed E-state index contributed by atoms with van der Waals surface area (Å²) in [7, 11) is -1.43. The fourth-order valence-corrected chi connectivity index (χ4v) is 8.85. The lowest BCUT2D eigenvalue weighted by Crippen LogP contribution is -2.26. The van der Waals surface area contributed by atoms with Gasteiger partial charge in [-0.25, -0.2) is 0 Å². The van der Waals surface area contributed by atoms with Crippen molar-refractivity contribution in [3.05, 3.63) is 251 Å². The topological polar surface area (TPSA) is 43.7 Å². The summed E-state index contributed by atoms with van der Waals surface area (Å²) in [6.07, 6.45) is 24.2. The van der Waals surface area contributed by atoms with Gasteiger partial charge in [-0.1, -0.05) is 198 Å². The molecule has 0 heterocycles. The van der Waals surface area contributed by atoms with Gasteiger partial charge in [-0.15, -0.1) is 0 Å². The first-order valence-corrected chi connectivity index (χ1v) is 23.3. The van der Waals surface area contributed by atoms with E-state index in [1.54, 1.807) is 0 Å². The molecule has 0 radical (unpaired) electrons. The van der Waals surface area contributed by atoms with Crippen LogP contribution in [0, 0.1) is 5.92 Å². The minimum atomic E-state index is -1.43. The first-order chi connectivity index (χ1) is 31.3. The second-order valence-electron chi connectivity index (χ2n) is 15.9. The molecule has 3 nitrogen and oxygen atoms in total. The van der Waals surface area contributed by atoms with Crippen molar-refractivity contribution in [1.82, 2.24) is 0 Å². The Balaban J connectivity index is 0.000000412. The highest BCUT2D eigenvalue weighted by Crippen LogP contribution is 2.44. The van der Waals surface area contributed by atoms with E-state index in [4.69, 9.17) is 0 Å². The molecule has 1 atom stereocenters. The Kier molecular flexibility index (Phi) is 18.8. The summed E-state index contributed by atoms with van der Waals surface area (Å²) in [5, 5.41) is 20.3. The summed E-state index contributed by atoms with van der Waals surface area (Å²) >= 11 is 0. The molecule has 0 saturated heterocycles. The fourth-order valence-electron chi connectivity index (χ4n) is 8.85. The van der Waals surface area contributed by atoms with Gasteiger partial charge in [0.05, 0.1) is 0 Å². The zero-order valence-corrected chi connectivity index (χ0v) is 39.2. The molecule has 64 heavy (non-hydrogen) atoms. The molecule has 0 amide bonds. The minimum Gasteiger partial charge on any atom is -0.423 e. The van der Waals surface area contributed by atoms with E-state index in [9.17, 15) is 10.0 Å². The van der Waals surface area contributed by atoms with Gasteiger partial charge in [0, 0.05) is 28.4 Å². The van der Waals surface area contributed by atoms with Gasteiger partial charge in [0.25, 0.3) is 0 Å². The molecule has 0 aliphatic heterocycles. The molecule has 0 saturated carbocycles. The van der Waals surface area contributed by atoms with Gasteiger partial charge < -0.3 is 14.9 Å². The molecule has 328 valence electrons. The molecular formula is C60H68BNO2. The van der Waals surface area contributed by atoms with Gasteiger partial charge in [0.15, 0.2) is 0 Å². The SMILES string of the molecule is C=C(/C=C\C)C1=CCCC=C1C.CC.CC.CC(c1ccccc1)(c1ccccc1)c1ccccc1-c1ccc(N(C2=CC(C3=C(B(O)O)CCC=C3)CC=C2)c2ccccc2)cc1. The van der Waals surface area contributed by atoms with Crippen LogP contribution in [0.4, 0.5) is 11.4 Å². The van der Waals surface area contributed by atoms with E-state index in [1.807, 2.05) is 46.8 Å². The molecule has 5 aromatic rings. The lowest BCUT2D eigenvalue weighted by molar-refractivity contribution is 0.415. The minimum absolute atomic E-state index is 0.0596. The van der Waals surface area contributed by atoms with Crippen molar-refractivity contribution in [1.29, 1.82) is 0 Å². The Labute approximate surface area is 385 Å². The normalized spacial score (nSPS) is 15.5. The number of hydrogen-bond donors (Lipinski definition) is 2. The van der Waals surface area contributed by atoms with Gasteiger partial charge in [0.1, 0.15) is 0 Å². The van der Waals surface area contributed by atoms with Crippen LogP contribution < -0.4 is 4.90 Å². The third-order valence-electron chi connectivity index (χ3n) is 12.0. The van der Waals surface area contributed by atoms with Crippen LogP contribution in [-0.4, -0.2) is 17.2 Å². The van der Waals surface area contributed by atoms with Gasteiger partial charge in [0.2, 0.25) is 0 Å². The van der Waals surface area contributed by atoms with Crippen LogP contribution in [0.1, 0.15) is 97.3 Å². The number of rotatable bonds is 11. The number of allylic oxidation sites excluding steroid dienone is 14. The fraction of sp³-hybridized carbons (Fsp3) is 0.233. The third-order valence-corrected chi connectivity index (χ3v) is 12.0. The Bertz CT molecular complexity index is 2430. The van der Waals surface area contributed by atoms with Crippen LogP contribution in [0.2, 0.25) is 0 Å². The number of hydrogen-bond acceptors (Lipinski definition) is 3. The summed E-state index contributed by atoms with van der Waals surface area (Å²) in [4.78, 5) is 2.29. The molecular weight excluding hydrogens is 777 g/mol. The van der Waals surface area contributed by atoms with Gasteiger partial charge in [-0.05, 0) is 139 Å². The van der Waals surface area contributed by atoms with E-state index in [0.29, 0.717) is 6.42 Å². The summed E-state index contributed by atoms with van der Waals surface area (Å²) < 4.78 is 0. The van der Waals surface area contributed by atoms with Crippen LogP contribution in [0.15, 0.2) is 234 Å². The maximum absolute atomic E-state index is 10.1. The molecule has 0 bridgehead atoms. The highest BCUT2D eigenvalue weighted by atomic mass is 16.4. The maximum atomic E-state index is 10.1. The second-order valence-corrected chi connectivity index (χ2v) is 15.9. The number of para-hydroxylation sites is 1. The highest BCUT2D eigenvalue weighted by Gasteiger charge is 2.33. The lowest BCUT2D eigenvalue weighted by atomic mass is 9.68. The standard InChI is InChI=1S/C44H40BNO2.C12H16.2C2H6/c1-44(35-17-5-2-6-18-35,36-19-7-3-8-20-36)42-26-13-11-24-40(42)33-28-30-38(31-29-33)46(37-21-9-4-10-22-37)39-23-15-16-34(32-39)41-25-12-14-27-43(41)45(47)48;1-4-7-10(2)12-9-6-5-8-11(12)3;2*1-2/h2-13,15,17-26,28-32,34,47-48H,14,16,27H2,1H3;4,7-9H,2,5-6H2,1,3H3;2*1-2H3/b;7-4-;;. The van der Waals surface area contributed by atoms with E-state index in [-0.39, 0.29) is 11.3 Å². The first-order valence-electron chi connectivity index (χ1n) is 23.3. The van der Waals surface area contributed by atoms with Crippen LogP contribution in [0.3, 0.4) is 0 Å². The van der Waals surface area contributed by atoms with Crippen LogP contribution in [0.5, 0.6) is 0 Å². The zero-order valence-electron chi connectivity index (χ0n) is 39.2. The molecule has 0 fully saturated rings. The van der Waals surface area contributed by atoms with Crippen molar-refractivity contribution in [3.63, 3.8) is 0 Å². The predicted molar refractivity (Wildman–Crippen MR) is 278 cm³/mol. The summed E-state index contributed by atoms with van der Waals surface area (Å²) in [5.41, 5.74) is 14.5. The van der Waals surface area contributed by atoms with E-state index >= 15 is 0 Å². The lowest BCUT2D eigenvalue weighted by Gasteiger charge is -2.34. The van der Waals surface area contributed by atoms with E-state index < -0.39 is 7.12 Å². The van der Waals surface area contributed by atoms with Crippen molar-refractivity contribution >= 4 is 18.5 Å². The second kappa shape index (κ2) is 24.6. The monoisotopic (exact) mass is 846 g/mol. The Morgan fingerprint density at radius 1 is 0.688 bits per heavy atom. The Morgan fingerprint density at radius 3 is 1.84 bits per heavy atom. The number of anilines is 2. The zero-order chi connectivity index (χ0) is 45.9. The Hall–Kier alpha value is -6.20. The van der Waals surface area contributed by atoms with Crippen molar-refractivity contribution in [2.24, 2.45) is 5.92 Å². The third kappa shape index (κ3) is 11.7. The molecule has 2 N–H and O–H groups in total. The number of benzene rings is 5. The van der Waals surface area contributed by atoms with E-state index in [0.717, 1.165) is 58.5 Å². The van der Waals surface area contributed by atoms with Crippen molar-refractivity contribution in [2.45, 2.75) is 86.0 Å². The van der Waals surface area contributed by atoms with Gasteiger partial charge in [-0.3, -0.25) is 0 Å². The quantitative estimate of drug-likeness (QED) is 0.0791. The van der Waals surface area contributed by atoms with Crippen LogP contribution in [0.25, 0.3) is 11.1 Å². The smallest absolute Gasteiger partial charge is 0.423 e. The average Bonchev–Trinajstić information content (AvgIpc) is 3.36. The summed E-state index contributed by atoms with van der Waals surface area (Å²) in [6.45, 7) is 18.5. The molecule has 8 rings (SSSR count). The van der Waals surface area contributed by atoms with Crippen molar-refractivity contribution in [2.75, 3.05) is 4.90 Å². The van der Waals surface area contributed by atoms with Crippen LogP contribution in [-0.2, 0) is 5.41 Å². The van der Waals surface area contributed by atoms with E-state index in [1.165, 1.54) is 39.8 Å². The molecule has 0 spiro atoms. The molecule has 3 aliphatic rings. The van der Waals surface area contributed by atoms with Crippen molar-refractivity contribution in [3.8, 4) is 11.1 Å². The molecule has 3 aliphatic carbocycles. The molecule has 1 unspecified atom stereocenters. The van der Waals surface area contributed by atoms with Crippen LogP contribution >= 0.6 is 0 Å². The maximum Gasteiger partial charge on any atom is 0.484 e. The summed E-state index contributed by atoms with van der Waals surface area (Å²) in [5.74, 6) is 0.0596. The first kappa shape index (κ1) is 48.8. The Morgan fingerprint density at radius 2 is 1.25 bits per heavy atom. The average molecular weight is 846 g/mol. The molecule has 4 heteroatoms. The highest BCUT2D eigenvalue weighted by molar-refractivity contribution is 6.51. The largest absolute Gasteiger partial charge is 0.484 e. The summed E-state index contributed by atoms with van der Waals surface area (Å²) in [6, 6.07) is 49.7. The molecule has 5 aromatic carbocycles. The van der Waals surface area contributed by atoms with E-state index in [2.05, 4.69) is 207 Å².